The number of unbranched alkanes of at least 4 members (excludes halogenated alkanes) is 1. The number of rotatable bonds is 3. The van der Waals surface area contributed by atoms with Crippen LogP contribution in [0.2, 0.25) is 0 Å². The van der Waals surface area contributed by atoms with Gasteiger partial charge in [-0.05, 0) is 35.2 Å². The lowest BCUT2D eigenvalue weighted by molar-refractivity contribution is 0.797. The molecule has 0 aliphatic rings. The Kier molecular flexibility index (Phi) is 6.87. The van der Waals surface area contributed by atoms with Crippen molar-refractivity contribution in [3.8, 4) is 12.8 Å². The Bertz CT molecular complexity index is 172. The Morgan fingerprint density at radius 1 is 1.45 bits per heavy atom. The van der Waals surface area contributed by atoms with E-state index in [1.807, 2.05) is 0 Å². The minimum Gasteiger partial charge on any atom is -0.152 e. The highest BCUT2D eigenvalue weighted by atomic mass is 32.1. The van der Waals surface area contributed by atoms with E-state index in [4.69, 9.17) is 0 Å². The number of hydrogen-bond donors (Lipinski definition) is 0. The fourth-order valence-corrected chi connectivity index (χ4v) is 1.52. The highest BCUT2D eigenvalue weighted by molar-refractivity contribution is 7.07. The average Bonchev–Trinajstić information content (AvgIpc) is 2.57. The van der Waals surface area contributed by atoms with Crippen LogP contribution in [0.25, 0.3) is 0 Å². The smallest absolute Gasteiger partial charge is 0.00613 e. The van der Waals surface area contributed by atoms with Crippen LogP contribution in [0.15, 0.2) is 16.8 Å². The fraction of sp³-hybridized carbons (Fsp3) is 0.400. The number of hydrogen-bond acceptors (Lipinski definition) is 1. The first-order chi connectivity index (χ1) is 5.43. The molecule has 0 fully saturated rings. The number of thiophene rings is 1. The van der Waals surface area contributed by atoms with Gasteiger partial charge in [-0.1, -0.05) is 13.3 Å². The lowest BCUT2D eigenvalue weighted by Gasteiger charge is -1.90. The summed E-state index contributed by atoms with van der Waals surface area (Å²) in [4.78, 5) is 0. The van der Waals surface area contributed by atoms with Crippen molar-refractivity contribution < 1.29 is 0 Å². The van der Waals surface area contributed by atoms with Crippen LogP contribution < -0.4 is 0 Å². The lowest BCUT2D eigenvalue weighted by atomic mass is 10.2. The third kappa shape index (κ3) is 4.64. The van der Waals surface area contributed by atoms with Gasteiger partial charge in [0.15, 0.2) is 0 Å². The van der Waals surface area contributed by atoms with Gasteiger partial charge in [0.25, 0.3) is 0 Å². The maximum atomic E-state index is 4.00. The predicted octanol–water partition coefficient (Wildman–Crippen LogP) is 3.34. The number of terminal acetylenes is 1. The molecule has 0 spiro atoms. The molecule has 0 saturated carbocycles. The van der Waals surface area contributed by atoms with Crippen LogP contribution in [0.1, 0.15) is 25.3 Å². The van der Waals surface area contributed by atoms with Crippen molar-refractivity contribution in [2.45, 2.75) is 26.2 Å². The summed E-state index contributed by atoms with van der Waals surface area (Å²) in [6.07, 6.45) is 11.9. The molecule has 0 radical (unpaired) electrons. The van der Waals surface area contributed by atoms with Crippen LogP contribution in [-0.2, 0) is 6.42 Å². The molecule has 0 atom stereocenters. The van der Waals surface area contributed by atoms with E-state index in [2.05, 4.69) is 36.6 Å². The van der Waals surface area contributed by atoms with Gasteiger partial charge < -0.3 is 0 Å². The summed E-state index contributed by atoms with van der Waals surface area (Å²) in [7, 11) is 0. The van der Waals surface area contributed by atoms with Crippen molar-refractivity contribution >= 4 is 11.3 Å². The van der Waals surface area contributed by atoms with Crippen LogP contribution in [0.4, 0.5) is 0 Å². The van der Waals surface area contributed by atoms with Crippen LogP contribution in [0.5, 0.6) is 0 Å². The fourth-order valence-electron chi connectivity index (χ4n) is 0.816. The molecule has 0 nitrogen and oxygen atoms in total. The molecular formula is C10H14S. The molecule has 1 aromatic rings. The van der Waals surface area contributed by atoms with Crippen molar-refractivity contribution in [2.75, 3.05) is 0 Å². The molecule has 0 aliphatic carbocycles. The Balaban J connectivity index is 0.000000461. The third-order valence-corrected chi connectivity index (χ3v) is 2.13. The van der Waals surface area contributed by atoms with Crippen molar-refractivity contribution in [3.63, 3.8) is 0 Å². The highest BCUT2D eigenvalue weighted by Crippen LogP contribution is 2.08. The summed E-state index contributed by atoms with van der Waals surface area (Å²) in [6.45, 7) is 2.23. The van der Waals surface area contributed by atoms with E-state index < -0.39 is 0 Å². The second-order valence-corrected chi connectivity index (χ2v) is 3.02. The maximum absolute atomic E-state index is 4.00. The highest BCUT2D eigenvalue weighted by Gasteiger charge is 1.89. The number of aryl methyl sites for hydroxylation is 1. The van der Waals surface area contributed by atoms with Crippen LogP contribution in [0, 0.1) is 12.8 Å². The Labute approximate surface area is 73.3 Å². The molecule has 1 aromatic heterocycles. The average molecular weight is 166 g/mol. The molecule has 0 unspecified atom stereocenters. The van der Waals surface area contributed by atoms with Gasteiger partial charge in [0.1, 0.15) is 0 Å². The van der Waals surface area contributed by atoms with E-state index in [1.165, 1.54) is 24.8 Å². The van der Waals surface area contributed by atoms with E-state index in [0.717, 1.165) is 0 Å². The third-order valence-electron chi connectivity index (χ3n) is 1.40. The zero-order valence-corrected chi connectivity index (χ0v) is 7.73. The van der Waals surface area contributed by atoms with E-state index in [9.17, 15) is 0 Å². The summed E-state index contributed by atoms with van der Waals surface area (Å²) in [5, 5.41) is 4.38. The SMILES string of the molecule is C#C.CCCCc1ccsc1. The van der Waals surface area contributed by atoms with E-state index in [-0.39, 0.29) is 0 Å². The molecule has 0 saturated heterocycles. The van der Waals surface area contributed by atoms with E-state index in [1.54, 1.807) is 11.3 Å². The Hall–Kier alpha value is -0.740. The molecule has 1 rings (SSSR count). The Morgan fingerprint density at radius 2 is 2.18 bits per heavy atom. The summed E-state index contributed by atoms with van der Waals surface area (Å²) in [5.41, 5.74) is 1.50. The van der Waals surface area contributed by atoms with Gasteiger partial charge in [0, 0.05) is 0 Å². The molecular weight excluding hydrogens is 152 g/mol. The molecule has 0 N–H and O–H groups in total. The van der Waals surface area contributed by atoms with Crippen molar-refractivity contribution in [1.82, 2.24) is 0 Å². The molecule has 0 aliphatic heterocycles. The van der Waals surface area contributed by atoms with Gasteiger partial charge in [0.05, 0.1) is 0 Å². The molecule has 0 amide bonds. The second kappa shape index (κ2) is 7.37. The minimum atomic E-state index is 1.26. The quantitative estimate of drug-likeness (QED) is 0.604. The van der Waals surface area contributed by atoms with Crippen molar-refractivity contribution in [3.05, 3.63) is 22.4 Å². The molecule has 1 heteroatoms. The normalized spacial score (nSPS) is 8.27. The van der Waals surface area contributed by atoms with Gasteiger partial charge >= 0.3 is 0 Å². The molecule has 11 heavy (non-hydrogen) atoms. The van der Waals surface area contributed by atoms with E-state index >= 15 is 0 Å². The van der Waals surface area contributed by atoms with E-state index in [0.29, 0.717) is 0 Å². The first-order valence-corrected chi connectivity index (χ1v) is 4.72. The summed E-state index contributed by atoms with van der Waals surface area (Å²) in [5.74, 6) is 0. The monoisotopic (exact) mass is 166 g/mol. The van der Waals surface area contributed by atoms with Crippen molar-refractivity contribution in [1.29, 1.82) is 0 Å². The van der Waals surface area contributed by atoms with Crippen LogP contribution in [0.3, 0.4) is 0 Å². The van der Waals surface area contributed by atoms with Gasteiger partial charge in [-0.15, -0.1) is 12.8 Å². The Morgan fingerprint density at radius 3 is 2.64 bits per heavy atom. The molecule has 0 aromatic carbocycles. The second-order valence-electron chi connectivity index (χ2n) is 2.24. The molecule has 0 bridgehead atoms. The largest absolute Gasteiger partial charge is 0.152 e. The van der Waals surface area contributed by atoms with Gasteiger partial charge in [-0.25, -0.2) is 0 Å². The van der Waals surface area contributed by atoms with Gasteiger partial charge in [-0.3, -0.25) is 0 Å². The standard InChI is InChI=1S/C8H12S.C2H2/c1-2-3-4-8-5-6-9-7-8;1-2/h5-7H,2-4H2,1H3;1-2H. The first kappa shape index (κ1) is 10.3. The molecule has 60 valence electrons. The topological polar surface area (TPSA) is 0 Å². The van der Waals surface area contributed by atoms with Gasteiger partial charge in [0.2, 0.25) is 0 Å². The first-order valence-electron chi connectivity index (χ1n) is 3.78. The zero-order chi connectivity index (χ0) is 8.53. The van der Waals surface area contributed by atoms with Crippen LogP contribution in [-0.4, -0.2) is 0 Å². The summed E-state index contributed by atoms with van der Waals surface area (Å²) in [6, 6.07) is 2.21. The van der Waals surface area contributed by atoms with Gasteiger partial charge in [-0.2, -0.15) is 11.3 Å². The maximum Gasteiger partial charge on any atom is -0.00613 e. The predicted molar refractivity (Wildman–Crippen MR) is 52.8 cm³/mol. The van der Waals surface area contributed by atoms with Crippen LogP contribution >= 0.6 is 11.3 Å². The minimum absolute atomic E-state index is 1.26. The van der Waals surface area contributed by atoms with Crippen molar-refractivity contribution in [2.24, 2.45) is 0 Å². The molecule has 1 heterocycles. The summed E-state index contributed by atoms with van der Waals surface area (Å²) >= 11 is 1.79. The summed E-state index contributed by atoms with van der Waals surface area (Å²) < 4.78 is 0. The zero-order valence-electron chi connectivity index (χ0n) is 6.92. The lowest BCUT2D eigenvalue weighted by Crippen LogP contribution is -1.77.